The van der Waals surface area contributed by atoms with Crippen molar-refractivity contribution in [3.8, 4) is 17.0 Å². The van der Waals surface area contributed by atoms with Crippen LogP contribution in [0.4, 0.5) is 10.8 Å². The van der Waals surface area contributed by atoms with Crippen molar-refractivity contribution >= 4 is 39.9 Å². The van der Waals surface area contributed by atoms with E-state index in [0.717, 1.165) is 16.8 Å². The van der Waals surface area contributed by atoms with Gasteiger partial charge in [0.15, 0.2) is 17.8 Å². The fourth-order valence-corrected chi connectivity index (χ4v) is 4.09. The molecule has 1 atom stereocenters. The van der Waals surface area contributed by atoms with Crippen molar-refractivity contribution in [2.75, 3.05) is 23.4 Å². The van der Waals surface area contributed by atoms with Gasteiger partial charge in [0.2, 0.25) is 0 Å². The molecule has 0 bridgehead atoms. The van der Waals surface area contributed by atoms with Gasteiger partial charge in [0.25, 0.3) is 11.8 Å². The number of anilines is 2. The number of benzene rings is 2. The Morgan fingerprint density at radius 1 is 1.18 bits per heavy atom. The minimum atomic E-state index is -0.634. The molecule has 170 valence electrons. The maximum Gasteiger partial charge on any atom is 0.308 e. The number of aromatic nitrogens is 1. The van der Waals surface area contributed by atoms with E-state index in [4.69, 9.17) is 9.47 Å². The summed E-state index contributed by atoms with van der Waals surface area (Å²) in [6.45, 7) is 3.38. The van der Waals surface area contributed by atoms with Crippen LogP contribution < -0.4 is 15.0 Å². The Morgan fingerprint density at radius 2 is 1.94 bits per heavy atom. The standard InChI is InChI=1S/C24H23N3O5S/c1-15-7-9-17(10-8-15)18-14-33-24(25-18)26-21(28)13-31-22(29)11-12-27-19-5-3-4-6-20(19)32-16(2)23(27)30/h3-10,14,16H,11-13H2,1-2H3,(H,25,26,28). The highest BCUT2D eigenvalue weighted by Crippen LogP contribution is 2.33. The summed E-state index contributed by atoms with van der Waals surface area (Å²) in [6, 6.07) is 15.1. The minimum absolute atomic E-state index is 0.0467. The number of fused-ring (bicyclic) bond motifs is 1. The molecule has 8 nitrogen and oxygen atoms in total. The molecule has 3 aromatic rings. The van der Waals surface area contributed by atoms with Crippen molar-refractivity contribution in [1.29, 1.82) is 0 Å². The van der Waals surface area contributed by atoms with Crippen LogP contribution in [0.15, 0.2) is 53.9 Å². The van der Waals surface area contributed by atoms with Gasteiger partial charge in [0.1, 0.15) is 5.75 Å². The molecule has 1 aromatic heterocycles. The molecule has 1 aliphatic rings. The van der Waals surface area contributed by atoms with Crippen molar-refractivity contribution in [2.45, 2.75) is 26.4 Å². The average molecular weight is 466 g/mol. The summed E-state index contributed by atoms with van der Waals surface area (Å²) >= 11 is 1.29. The van der Waals surface area contributed by atoms with Crippen LogP contribution in [0, 0.1) is 6.92 Å². The fourth-order valence-electron chi connectivity index (χ4n) is 3.35. The first-order valence-electron chi connectivity index (χ1n) is 10.5. The molecule has 0 aliphatic carbocycles. The van der Waals surface area contributed by atoms with E-state index in [1.807, 2.05) is 42.6 Å². The predicted octanol–water partition coefficient (Wildman–Crippen LogP) is 3.80. The van der Waals surface area contributed by atoms with Crippen molar-refractivity contribution in [2.24, 2.45) is 0 Å². The summed E-state index contributed by atoms with van der Waals surface area (Å²) in [4.78, 5) is 42.7. The van der Waals surface area contributed by atoms with Gasteiger partial charge in [-0.15, -0.1) is 11.3 Å². The number of carbonyl (C=O) groups excluding carboxylic acids is 3. The Balaban J connectivity index is 1.26. The molecule has 0 fully saturated rings. The van der Waals surface area contributed by atoms with Gasteiger partial charge in [-0.1, -0.05) is 42.0 Å². The highest BCUT2D eigenvalue weighted by molar-refractivity contribution is 7.14. The van der Waals surface area contributed by atoms with Crippen molar-refractivity contribution < 1.29 is 23.9 Å². The number of hydrogen-bond acceptors (Lipinski definition) is 7. The van der Waals surface area contributed by atoms with Crippen LogP contribution in [0.5, 0.6) is 5.75 Å². The smallest absolute Gasteiger partial charge is 0.308 e. The summed E-state index contributed by atoms with van der Waals surface area (Å²) < 4.78 is 10.7. The van der Waals surface area contributed by atoms with E-state index in [0.29, 0.717) is 16.6 Å². The van der Waals surface area contributed by atoms with Crippen LogP contribution >= 0.6 is 11.3 Å². The van der Waals surface area contributed by atoms with Crippen LogP contribution in [-0.2, 0) is 19.1 Å². The second-order valence-corrected chi connectivity index (χ2v) is 8.44. The molecular weight excluding hydrogens is 442 g/mol. The second kappa shape index (κ2) is 9.83. The zero-order valence-corrected chi connectivity index (χ0v) is 19.1. The zero-order chi connectivity index (χ0) is 23.4. The molecule has 2 amide bonds. The Hall–Kier alpha value is -3.72. The molecule has 1 unspecified atom stereocenters. The molecule has 1 N–H and O–H groups in total. The lowest BCUT2D eigenvalue weighted by atomic mass is 10.1. The number of thiazole rings is 1. The fraction of sp³-hybridized carbons (Fsp3) is 0.250. The second-order valence-electron chi connectivity index (χ2n) is 7.58. The van der Waals surface area contributed by atoms with Crippen molar-refractivity contribution in [3.05, 3.63) is 59.5 Å². The van der Waals surface area contributed by atoms with Crippen LogP contribution in [-0.4, -0.2) is 42.0 Å². The van der Waals surface area contributed by atoms with Crippen LogP contribution in [0.1, 0.15) is 18.9 Å². The van der Waals surface area contributed by atoms with Gasteiger partial charge in [-0.3, -0.25) is 19.7 Å². The maximum atomic E-state index is 12.5. The number of nitrogens with one attached hydrogen (secondary N) is 1. The first kappa shape index (κ1) is 22.5. The summed E-state index contributed by atoms with van der Waals surface area (Å²) in [7, 11) is 0. The molecular formula is C24H23N3O5S. The first-order chi connectivity index (χ1) is 15.9. The summed E-state index contributed by atoms with van der Waals surface area (Å²) in [5, 5.41) is 4.92. The number of nitrogens with zero attached hydrogens (tertiary/aromatic N) is 2. The van der Waals surface area contributed by atoms with E-state index >= 15 is 0 Å². The molecule has 1 aliphatic heterocycles. The quantitative estimate of drug-likeness (QED) is 0.533. The lowest BCUT2D eigenvalue weighted by molar-refractivity contribution is -0.147. The van der Waals surface area contributed by atoms with Gasteiger partial charge in [-0.25, -0.2) is 4.98 Å². The molecule has 9 heteroatoms. The Morgan fingerprint density at radius 3 is 2.73 bits per heavy atom. The lowest BCUT2D eigenvalue weighted by Gasteiger charge is -2.32. The normalized spacial score (nSPS) is 14.9. The van der Waals surface area contributed by atoms with E-state index < -0.39 is 24.6 Å². The number of rotatable bonds is 7. The Kier molecular flexibility index (Phi) is 6.69. The van der Waals surface area contributed by atoms with Gasteiger partial charge in [-0.2, -0.15) is 0 Å². The monoisotopic (exact) mass is 465 g/mol. The zero-order valence-electron chi connectivity index (χ0n) is 18.2. The van der Waals surface area contributed by atoms with Gasteiger partial charge < -0.3 is 14.4 Å². The maximum absolute atomic E-state index is 12.5. The molecule has 2 aromatic carbocycles. The molecule has 0 spiro atoms. The minimum Gasteiger partial charge on any atom is -0.479 e. The molecule has 2 heterocycles. The Labute approximate surface area is 195 Å². The average Bonchev–Trinajstić information content (AvgIpc) is 3.27. The van der Waals surface area contributed by atoms with E-state index in [-0.39, 0.29) is 18.9 Å². The third-order valence-electron chi connectivity index (χ3n) is 5.08. The van der Waals surface area contributed by atoms with Gasteiger partial charge in [0, 0.05) is 17.5 Å². The molecule has 33 heavy (non-hydrogen) atoms. The predicted molar refractivity (Wildman–Crippen MR) is 125 cm³/mol. The lowest BCUT2D eigenvalue weighted by Crippen LogP contribution is -2.45. The molecule has 4 rings (SSSR count). The number of ether oxygens (including phenoxy) is 2. The number of hydrogen-bond donors (Lipinski definition) is 1. The van der Waals surface area contributed by atoms with E-state index in [1.165, 1.54) is 16.2 Å². The SMILES string of the molecule is Cc1ccc(-c2csc(NC(=O)COC(=O)CCN3C(=O)C(C)Oc4ccccc43)n2)cc1. The van der Waals surface area contributed by atoms with E-state index in [9.17, 15) is 14.4 Å². The van der Waals surface area contributed by atoms with E-state index in [1.54, 1.807) is 25.1 Å². The largest absolute Gasteiger partial charge is 0.479 e. The van der Waals surface area contributed by atoms with Gasteiger partial charge in [-0.05, 0) is 26.0 Å². The van der Waals surface area contributed by atoms with Crippen molar-refractivity contribution in [1.82, 2.24) is 4.98 Å². The van der Waals surface area contributed by atoms with Gasteiger partial charge >= 0.3 is 5.97 Å². The topological polar surface area (TPSA) is 97.8 Å². The number of aryl methyl sites for hydroxylation is 1. The Bertz CT molecular complexity index is 1170. The third kappa shape index (κ3) is 5.38. The highest BCUT2D eigenvalue weighted by Gasteiger charge is 2.31. The number of carbonyl (C=O) groups is 3. The number of para-hydroxylation sites is 2. The first-order valence-corrected chi connectivity index (χ1v) is 11.3. The van der Waals surface area contributed by atoms with Gasteiger partial charge in [0.05, 0.1) is 17.8 Å². The van der Waals surface area contributed by atoms with E-state index in [2.05, 4.69) is 10.3 Å². The summed E-state index contributed by atoms with van der Waals surface area (Å²) in [5.41, 5.74) is 3.48. The molecule has 0 radical (unpaired) electrons. The number of esters is 1. The number of amides is 2. The van der Waals surface area contributed by atoms with Crippen LogP contribution in [0.3, 0.4) is 0 Å². The third-order valence-corrected chi connectivity index (χ3v) is 5.83. The van der Waals surface area contributed by atoms with Crippen molar-refractivity contribution in [3.63, 3.8) is 0 Å². The molecule has 0 saturated heterocycles. The highest BCUT2D eigenvalue weighted by atomic mass is 32.1. The summed E-state index contributed by atoms with van der Waals surface area (Å²) in [6.07, 6.45) is -0.681. The van der Waals surface area contributed by atoms with Crippen LogP contribution in [0.2, 0.25) is 0 Å². The summed E-state index contributed by atoms with van der Waals surface area (Å²) in [5.74, 6) is -0.693. The van der Waals surface area contributed by atoms with Crippen LogP contribution in [0.25, 0.3) is 11.3 Å². The molecule has 0 saturated carbocycles.